The van der Waals surface area contributed by atoms with Gasteiger partial charge in [-0.25, -0.2) is 8.42 Å². The maximum atomic E-state index is 11.9. The Morgan fingerprint density at radius 1 is 1.40 bits per heavy atom. The van der Waals surface area contributed by atoms with Crippen molar-refractivity contribution in [3.63, 3.8) is 0 Å². The molecule has 0 bridgehead atoms. The van der Waals surface area contributed by atoms with E-state index >= 15 is 0 Å². The van der Waals surface area contributed by atoms with E-state index in [9.17, 15) is 13.2 Å². The Labute approximate surface area is 126 Å². The predicted molar refractivity (Wildman–Crippen MR) is 81.2 cm³/mol. The zero-order valence-corrected chi connectivity index (χ0v) is 13.4. The molecule has 0 saturated heterocycles. The summed E-state index contributed by atoms with van der Waals surface area (Å²) in [6, 6.07) is 3.59. The molecule has 0 amide bonds. The number of fused-ring (bicyclic) bond motifs is 1. The number of rotatable bonds is 3. The number of aromatic nitrogens is 1. The number of hydrogen-bond acceptors (Lipinski definition) is 4. The summed E-state index contributed by atoms with van der Waals surface area (Å²) in [5.74, 6) is 1.33. The maximum Gasteiger partial charge on any atom is 0.261 e. The quantitative estimate of drug-likeness (QED) is 0.636. The first-order valence-corrected chi connectivity index (χ1v) is 9.03. The molecule has 0 fully saturated rings. The Morgan fingerprint density at radius 3 is 2.55 bits per heavy atom. The zero-order chi connectivity index (χ0) is 15.3. The van der Waals surface area contributed by atoms with E-state index in [4.69, 9.17) is 16.0 Å². The van der Waals surface area contributed by atoms with Crippen molar-refractivity contribution in [3.05, 3.63) is 34.4 Å². The van der Waals surface area contributed by atoms with E-state index in [1.807, 2.05) is 13.0 Å². The monoisotopic (exact) mass is 339 g/mol. The van der Waals surface area contributed by atoms with Crippen molar-refractivity contribution in [1.29, 1.82) is 0 Å². The van der Waals surface area contributed by atoms with Gasteiger partial charge in [-0.2, -0.15) is 0 Å². The van der Waals surface area contributed by atoms with E-state index in [0.717, 1.165) is 18.4 Å². The maximum absolute atomic E-state index is 11.9. The normalized spacial score (nSPS) is 11.2. The Kier molecular flexibility index (Phi) is 6.10. The highest BCUT2D eigenvalue weighted by atomic mass is 35.7. The summed E-state index contributed by atoms with van der Waals surface area (Å²) in [5.41, 5.74) is 0.647. The van der Waals surface area contributed by atoms with Crippen LogP contribution in [-0.2, 0) is 15.6 Å². The summed E-state index contributed by atoms with van der Waals surface area (Å²) in [4.78, 5) is 11.9. The molecule has 0 aliphatic carbocycles. The molecule has 2 rings (SSSR count). The molecule has 8 heteroatoms. The van der Waals surface area contributed by atoms with Crippen molar-refractivity contribution < 1.29 is 12.8 Å². The lowest BCUT2D eigenvalue weighted by atomic mass is 10.3. The number of aryl methyl sites for hydroxylation is 2. The number of nitrogens with zero attached hydrogens (tertiary/aromatic N) is 1. The van der Waals surface area contributed by atoms with Crippen LogP contribution in [0, 0.1) is 6.92 Å². The third-order valence-electron chi connectivity index (χ3n) is 2.31. The average Bonchev–Trinajstić information content (AvgIpc) is 2.68. The predicted octanol–water partition coefficient (Wildman–Crippen LogP) is 2.72. The van der Waals surface area contributed by atoms with Gasteiger partial charge in [0.2, 0.25) is 9.05 Å². The van der Waals surface area contributed by atoms with E-state index in [0.29, 0.717) is 23.4 Å². The fraction of sp³-hybridized carbons (Fsp3) is 0.417. The highest BCUT2D eigenvalue weighted by Gasteiger charge is 2.06. The van der Waals surface area contributed by atoms with Crippen LogP contribution in [0.1, 0.15) is 12.2 Å². The van der Waals surface area contributed by atoms with Gasteiger partial charge in [-0.15, -0.1) is 11.6 Å². The smallest absolute Gasteiger partial charge is 0.261 e. The highest BCUT2D eigenvalue weighted by Crippen LogP contribution is 2.14. The van der Waals surface area contributed by atoms with Gasteiger partial charge in [-0.3, -0.25) is 4.79 Å². The molecule has 2 heterocycles. The molecular weight excluding hydrogens is 325 g/mol. The number of hydrogen-bond donors (Lipinski definition) is 0. The summed E-state index contributed by atoms with van der Waals surface area (Å²) in [6.07, 6.45) is 3.47. The van der Waals surface area contributed by atoms with Crippen LogP contribution in [0.25, 0.3) is 11.0 Å². The molecule has 5 nitrogen and oxygen atoms in total. The van der Waals surface area contributed by atoms with Crippen molar-refractivity contribution in [1.82, 2.24) is 4.57 Å². The molecule has 0 unspecified atom stereocenters. The second-order valence-electron chi connectivity index (χ2n) is 4.17. The van der Waals surface area contributed by atoms with E-state index < -0.39 is 9.05 Å². The van der Waals surface area contributed by atoms with Crippen molar-refractivity contribution in [2.75, 3.05) is 12.1 Å². The lowest BCUT2D eigenvalue weighted by molar-refractivity contribution is 0.576. The van der Waals surface area contributed by atoms with E-state index in [2.05, 4.69) is 10.7 Å². The van der Waals surface area contributed by atoms with E-state index in [1.165, 1.54) is 0 Å². The van der Waals surface area contributed by atoms with Gasteiger partial charge in [-0.05, 0) is 25.5 Å². The minimum Gasteiger partial charge on any atom is -0.461 e. The molecule has 0 saturated carbocycles. The topological polar surface area (TPSA) is 69.3 Å². The minimum absolute atomic E-state index is 0.00512. The lowest BCUT2D eigenvalue weighted by Gasteiger charge is -2.02. The molecule has 0 aliphatic rings. The lowest BCUT2D eigenvalue weighted by Crippen LogP contribution is -2.19. The molecule has 20 heavy (non-hydrogen) atoms. The van der Waals surface area contributed by atoms with Crippen LogP contribution in [0.2, 0.25) is 0 Å². The fourth-order valence-electron chi connectivity index (χ4n) is 1.61. The van der Waals surface area contributed by atoms with Crippen LogP contribution in [0.15, 0.2) is 27.5 Å². The number of pyridine rings is 1. The van der Waals surface area contributed by atoms with Crippen LogP contribution in [0.3, 0.4) is 0 Å². The fourth-order valence-corrected chi connectivity index (χ4v) is 1.73. The molecule has 0 aromatic carbocycles. The standard InChI is InChI=1S/C11H12ClNO2.CH3ClO2S/c1-8-7-9-10(15-8)3-6-13(11(9)14)5-2-4-12;1-5(2,3)4/h3,6-7H,2,4-5H2,1H3;1H3. The molecular formula is C12H15Cl2NO4S. The average molecular weight is 340 g/mol. The first-order valence-electron chi connectivity index (χ1n) is 5.77. The highest BCUT2D eigenvalue weighted by molar-refractivity contribution is 8.13. The summed E-state index contributed by atoms with van der Waals surface area (Å²) in [5, 5.41) is 0.643. The molecule has 0 N–H and O–H groups in total. The van der Waals surface area contributed by atoms with Crippen LogP contribution >= 0.6 is 22.3 Å². The molecule has 2 aromatic heterocycles. The molecule has 112 valence electrons. The molecule has 0 atom stereocenters. The third-order valence-corrected chi connectivity index (χ3v) is 2.58. The van der Waals surface area contributed by atoms with E-state index in [1.54, 1.807) is 16.8 Å². The number of alkyl halides is 1. The molecule has 0 spiro atoms. The van der Waals surface area contributed by atoms with Gasteiger partial charge in [0, 0.05) is 29.3 Å². The van der Waals surface area contributed by atoms with Crippen LogP contribution in [0.4, 0.5) is 0 Å². The van der Waals surface area contributed by atoms with Gasteiger partial charge in [0.1, 0.15) is 11.3 Å². The second kappa shape index (κ2) is 7.15. The van der Waals surface area contributed by atoms with E-state index in [-0.39, 0.29) is 5.56 Å². The van der Waals surface area contributed by atoms with Crippen molar-refractivity contribution in [2.24, 2.45) is 0 Å². The summed E-state index contributed by atoms with van der Waals surface area (Å²) < 4.78 is 25.8. The first-order chi connectivity index (χ1) is 9.22. The van der Waals surface area contributed by atoms with Gasteiger partial charge in [-0.1, -0.05) is 0 Å². The van der Waals surface area contributed by atoms with Gasteiger partial charge in [0.25, 0.3) is 5.56 Å². The van der Waals surface area contributed by atoms with Crippen LogP contribution in [0.5, 0.6) is 0 Å². The number of furan rings is 1. The Bertz CT molecular complexity index is 725. The van der Waals surface area contributed by atoms with Crippen LogP contribution < -0.4 is 5.56 Å². The van der Waals surface area contributed by atoms with Crippen molar-refractivity contribution in [2.45, 2.75) is 19.9 Å². The van der Waals surface area contributed by atoms with Crippen LogP contribution in [-0.4, -0.2) is 25.1 Å². The molecule has 0 radical (unpaired) electrons. The Balaban J connectivity index is 0.000000347. The second-order valence-corrected chi connectivity index (χ2v) is 7.60. The van der Waals surface area contributed by atoms with Gasteiger partial charge in [0.15, 0.2) is 0 Å². The van der Waals surface area contributed by atoms with Gasteiger partial charge < -0.3 is 8.98 Å². The zero-order valence-electron chi connectivity index (χ0n) is 11.1. The first kappa shape index (κ1) is 17.1. The minimum atomic E-state index is -3.19. The SMILES string of the molecule is CS(=O)(=O)Cl.Cc1cc2c(=O)n(CCCCl)ccc2o1. The summed E-state index contributed by atoms with van der Waals surface area (Å²) in [6.45, 7) is 2.49. The third kappa shape index (κ3) is 5.56. The van der Waals surface area contributed by atoms with Gasteiger partial charge in [0.05, 0.1) is 11.6 Å². The number of halogens is 2. The Hall–Kier alpha value is -0.980. The molecule has 2 aromatic rings. The molecule has 0 aliphatic heterocycles. The van der Waals surface area contributed by atoms with Gasteiger partial charge >= 0.3 is 0 Å². The van der Waals surface area contributed by atoms with Crippen molar-refractivity contribution >= 4 is 42.3 Å². The summed E-state index contributed by atoms with van der Waals surface area (Å²) >= 11 is 5.59. The largest absolute Gasteiger partial charge is 0.461 e. The van der Waals surface area contributed by atoms with Crippen molar-refractivity contribution in [3.8, 4) is 0 Å². The Morgan fingerprint density at radius 2 is 2.00 bits per heavy atom. The summed E-state index contributed by atoms with van der Waals surface area (Å²) in [7, 11) is 1.31.